The number of aromatic nitrogens is 4. The van der Waals surface area contributed by atoms with Gasteiger partial charge in [0.2, 0.25) is 0 Å². The van der Waals surface area contributed by atoms with Crippen LogP contribution >= 0.6 is 23.2 Å². The van der Waals surface area contributed by atoms with Gasteiger partial charge in [-0.2, -0.15) is 5.10 Å². The fourth-order valence-corrected chi connectivity index (χ4v) is 4.55. The molecule has 0 radical (unpaired) electrons. The lowest BCUT2D eigenvalue weighted by atomic mass is 9.90. The van der Waals surface area contributed by atoms with Crippen molar-refractivity contribution < 1.29 is 14.6 Å². The summed E-state index contributed by atoms with van der Waals surface area (Å²) >= 11 is 12.3. The molecule has 1 aliphatic rings. The number of pyridine rings is 1. The van der Waals surface area contributed by atoms with Gasteiger partial charge in [0.25, 0.3) is 0 Å². The Bertz CT molecular complexity index is 1330. The van der Waals surface area contributed by atoms with E-state index in [0.29, 0.717) is 46.6 Å². The van der Waals surface area contributed by atoms with Crippen molar-refractivity contribution in [3.63, 3.8) is 0 Å². The maximum absolute atomic E-state index is 13.5. The van der Waals surface area contributed by atoms with Crippen molar-refractivity contribution in [2.24, 2.45) is 5.92 Å². The average molecular weight is 471 g/mol. The predicted octanol–water partition coefficient (Wildman–Crippen LogP) is 4.55. The summed E-state index contributed by atoms with van der Waals surface area (Å²) in [5.41, 5.74) is 3.56. The number of ketones is 1. The van der Waals surface area contributed by atoms with Crippen molar-refractivity contribution in [1.29, 1.82) is 0 Å². The van der Waals surface area contributed by atoms with Gasteiger partial charge in [-0.05, 0) is 43.2 Å². The molecule has 1 aliphatic heterocycles. The highest BCUT2D eigenvalue weighted by atomic mass is 35.5. The first-order chi connectivity index (χ1) is 15.4. The summed E-state index contributed by atoms with van der Waals surface area (Å²) in [6.45, 7) is 2.34. The zero-order valence-corrected chi connectivity index (χ0v) is 18.7. The molecule has 0 saturated carbocycles. The molecule has 3 aromatic heterocycles. The van der Waals surface area contributed by atoms with E-state index in [-0.39, 0.29) is 11.7 Å². The zero-order valence-electron chi connectivity index (χ0n) is 17.2. The summed E-state index contributed by atoms with van der Waals surface area (Å²) in [7, 11) is 0. The fourth-order valence-electron chi connectivity index (χ4n) is 4.16. The molecule has 32 heavy (non-hydrogen) atoms. The van der Waals surface area contributed by atoms with E-state index in [0.717, 1.165) is 22.2 Å². The van der Waals surface area contributed by atoms with Crippen molar-refractivity contribution in [2.75, 3.05) is 6.61 Å². The number of fused-ring (bicyclic) bond motifs is 2. The van der Waals surface area contributed by atoms with Gasteiger partial charge < -0.3 is 14.4 Å². The number of Topliss-reactive ketones (excluding diaryl/α,β-unsaturated/α-hetero) is 1. The molecule has 0 amide bonds. The lowest BCUT2D eigenvalue weighted by Gasteiger charge is -2.24. The van der Waals surface area contributed by atoms with Gasteiger partial charge in [0.1, 0.15) is 10.9 Å². The minimum atomic E-state index is -0.588. The molecule has 0 fully saturated rings. The summed E-state index contributed by atoms with van der Waals surface area (Å²) in [6.07, 6.45) is 5.03. The number of nitrogens with one attached hydrogen (secondary N) is 1. The number of aromatic amines is 1. The Morgan fingerprint density at radius 1 is 1.34 bits per heavy atom. The molecule has 1 aromatic carbocycles. The monoisotopic (exact) mass is 470 g/mol. The number of H-pyrrole nitrogens is 1. The standard InChI is InChI=1S/C23H20Cl2N4O3/c1-12(30)9-29-10-18(16-7-26-19(6-20(16)29)17-8-27-28-23(17)25)22(31)14-4-13-5-15(24)2-3-21(13)32-11-14/h2-3,5-8,10,12,14,30H,4,9,11H2,1H3,(H,27,28). The van der Waals surface area contributed by atoms with Crippen LogP contribution < -0.4 is 4.74 Å². The van der Waals surface area contributed by atoms with E-state index in [1.54, 1.807) is 31.6 Å². The predicted molar refractivity (Wildman–Crippen MR) is 122 cm³/mol. The number of carbonyl (C=O) groups is 1. The van der Waals surface area contributed by atoms with E-state index in [1.807, 2.05) is 22.8 Å². The van der Waals surface area contributed by atoms with E-state index < -0.39 is 6.10 Å². The molecule has 5 rings (SSSR count). The van der Waals surface area contributed by atoms with Crippen molar-refractivity contribution in [3.05, 3.63) is 64.2 Å². The summed E-state index contributed by atoms with van der Waals surface area (Å²) < 4.78 is 7.71. The third-order valence-corrected chi connectivity index (χ3v) is 6.18. The highest BCUT2D eigenvalue weighted by Crippen LogP contribution is 2.34. The van der Waals surface area contributed by atoms with Gasteiger partial charge >= 0.3 is 0 Å². The van der Waals surface area contributed by atoms with Crippen LogP contribution in [0.15, 0.2) is 42.9 Å². The van der Waals surface area contributed by atoms with Crippen LogP contribution in [0.3, 0.4) is 0 Å². The molecule has 9 heteroatoms. The van der Waals surface area contributed by atoms with Crippen LogP contribution in [0.2, 0.25) is 10.2 Å². The number of hydrogen-bond donors (Lipinski definition) is 2. The van der Waals surface area contributed by atoms with Crippen molar-refractivity contribution in [3.8, 4) is 17.0 Å². The highest BCUT2D eigenvalue weighted by molar-refractivity contribution is 6.32. The minimum Gasteiger partial charge on any atom is -0.493 e. The zero-order chi connectivity index (χ0) is 22.4. The van der Waals surface area contributed by atoms with Crippen LogP contribution in [0.25, 0.3) is 22.2 Å². The molecule has 2 unspecified atom stereocenters. The van der Waals surface area contributed by atoms with Gasteiger partial charge in [0.15, 0.2) is 5.78 Å². The van der Waals surface area contributed by atoms with Crippen molar-refractivity contribution in [2.45, 2.75) is 26.0 Å². The Balaban J connectivity index is 1.55. The number of carbonyl (C=O) groups excluding carboxylic acids is 1. The molecule has 0 saturated heterocycles. The number of benzene rings is 1. The van der Waals surface area contributed by atoms with Crippen LogP contribution in [0, 0.1) is 5.92 Å². The second-order valence-corrected chi connectivity index (χ2v) is 8.87. The number of ether oxygens (including phenoxy) is 1. The molecular formula is C23H20Cl2N4O3. The molecule has 7 nitrogen and oxygen atoms in total. The number of aliphatic hydroxyl groups is 1. The van der Waals surface area contributed by atoms with Gasteiger partial charge in [-0.15, -0.1) is 0 Å². The molecular weight excluding hydrogens is 451 g/mol. The third-order valence-electron chi connectivity index (χ3n) is 5.66. The maximum Gasteiger partial charge on any atom is 0.171 e. The molecule has 4 aromatic rings. The minimum absolute atomic E-state index is 0.0270. The molecule has 0 spiro atoms. The van der Waals surface area contributed by atoms with E-state index in [4.69, 9.17) is 27.9 Å². The van der Waals surface area contributed by atoms with E-state index in [2.05, 4.69) is 15.2 Å². The van der Waals surface area contributed by atoms with Gasteiger partial charge in [0, 0.05) is 34.9 Å². The van der Waals surface area contributed by atoms with Gasteiger partial charge in [-0.25, -0.2) is 0 Å². The van der Waals surface area contributed by atoms with Crippen LogP contribution in [-0.2, 0) is 13.0 Å². The number of nitrogens with zero attached hydrogens (tertiary/aromatic N) is 3. The molecule has 2 atom stereocenters. The molecule has 2 N–H and O–H groups in total. The molecule has 0 bridgehead atoms. The number of rotatable bonds is 5. The van der Waals surface area contributed by atoms with E-state index in [1.165, 1.54) is 0 Å². The van der Waals surface area contributed by atoms with Crippen LogP contribution in [0.4, 0.5) is 0 Å². The lowest BCUT2D eigenvalue weighted by Crippen LogP contribution is -2.28. The second kappa shape index (κ2) is 8.24. The first-order valence-electron chi connectivity index (χ1n) is 10.2. The Morgan fingerprint density at radius 3 is 2.94 bits per heavy atom. The molecule has 0 aliphatic carbocycles. The summed E-state index contributed by atoms with van der Waals surface area (Å²) in [5, 5.41) is 18.4. The number of hydrogen-bond acceptors (Lipinski definition) is 5. The largest absolute Gasteiger partial charge is 0.493 e. The Morgan fingerprint density at radius 2 is 2.19 bits per heavy atom. The summed E-state index contributed by atoms with van der Waals surface area (Å²) in [5.74, 6) is 0.397. The average Bonchev–Trinajstić information content (AvgIpc) is 3.35. The summed E-state index contributed by atoms with van der Waals surface area (Å²) in [4.78, 5) is 18.0. The van der Waals surface area contributed by atoms with Gasteiger partial charge in [-0.1, -0.05) is 23.2 Å². The Hall–Kier alpha value is -2.87. The Labute approximate surface area is 193 Å². The first-order valence-corrected chi connectivity index (χ1v) is 11.0. The number of aliphatic hydroxyl groups excluding tert-OH is 1. The van der Waals surface area contributed by atoms with Crippen molar-refractivity contribution >= 4 is 39.9 Å². The smallest absolute Gasteiger partial charge is 0.171 e. The topological polar surface area (TPSA) is 93.0 Å². The van der Waals surface area contributed by atoms with Gasteiger partial charge in [0.05, 0.1) is 41.6 Å². The van der Waals surface area contributed by atoms with E-state index in [9.17, 15) is 9.90 Å². The highest BCUT2D eigenvalue weighted by Gasteiger charge is 2.29. The van der Waals surface area contributed by atoms with Crippen LogP contribution in [0.5, 0.6) is 5.75 Å². The van der Waals surface area contributed by atoms with Crippen molar-refractivity contribution in [1.82, 2.24) is 19.7 Å². The van der Waals surface area contributed by atoms with Crippen LogP contribution in [0.1, 0.15) is 22.8 Å². The van der Waals surface area contributed by atoms with E-state index >= 15 is 0 Å². The number of halogens is 2. The van der Waals surface area contributed by atoms with Gasteiger partial charge in [-0.3, -0.25) is 14.9 Å². The SMILES string of the molecule is CC(O)Cn1cc(C(=O)C2COc3ccc(Cl)cc3C2)c2cnc(-c3cn[nH]c3Cl)cc21. The Kier molecular flexibility index (Phi) is 5.41. The van der Waals surface area contributed by atoms with Crippen LogP contribution in [-0.4, -0.2) is 43.3 Å². The fraction of sp³-hybridized carbons (Fsp3) is 0.261. The molecule has 4 heterocycles. The molecule has 164 valence electrons. The third kappa shape index (κ3) is 3.77. The first kappa shape index (κ1) is 21.0. The quantitative estimate of drug-likeness (QED) is 0.417. The maximum atomic E-state index is 13.5. The normalized spacial score (nSPS) is 16.6. The lowest BCUT2D eigenvalue weighted by molar-refractivity contribution is 0.0856. The summed E-state index contributed by atoms with van der Waals surface area (Å²) in [6, 6.07) is 7.31. The second-order valence-electron chi connectivity index (χ2n) is 8.06.